The average molecular weight is 247 g/mol. The van der Waals surface area contributed by atoms with Gasteiger partial charge in [0.2, 0.25) is 0 Å². The van der Waals surface area contributed by atoms with Crippen molar-refractivity contribution in [3.8, 4) is 0 Å². The molecule has 2 amide bonds. The average Bonchev–Trinajstić information content (AvgIpc) is 2.40. The Balaban J connectivity index is 1.88. The van der Waals surface area contributed by atoms with E-state index in [4.69, 9.17) is 5.73 Å². The molecule has 1 aliphatic rings. The Morgan fingerprint density at radius 1 is 1.33 bits per heavy atom. The molecular weight excluding hydrogens is 226 g/mol. The van der Waals surface area contributed by atoms with Crippen molar-refractivity contribution in [2.45, 2.75) is 19.8 Å². The molecule has 0 spiro atoms. The number of rotatable bonds is 2. The van der Waals surface area contributed by atoms with Crippen molar-refractivity contribution in [1.29, 1.82) is 0 Å². The number of hydrogen-bond acceptors (Lipinski definition) is 2. The molecule has 4 heteroatoms. The van der Waals surface area contributed by atoms with E-state index in [1.807, 2.05) is 35.2 Å². The summed E-state index contributed by atoms with van der Waals surface area (Å²) in [5.41, 5.74) is 6.80. The Bertz CT molecular complexity index is 397. The lowest BCUT2D eigenvalue weighted by molar-refractivity contribution is 0.141. The highest BCUT2D eigenvalue weighted by Gasteiger charge is 2.30. The Kier molecular flexibility index (Phi) is 3.87. The van der Waals surface area contributed by atoms with E-state index in [-0.39, 0.29) is 11.4 Å². The number of likely N-dealkylation sites (tertiary alicyclic amines) is 1. The van der Waals surface area contributed by atoms with Crippen molar-refractivity contribution < 1.29 is 4.79 Å². The van der Waals surface area contributed by atoms with Gasteiger partial charge in [-0.05, 0) is 36.9 Å². The second-order valence-corrected chi connectivity index (χ2v) is 5.30. The monoisotopic (exact) mass is 247 g/mol. The van der Waals surface area contributed by atoms with Gasteiger partial charge in [-0.15, -0.1) is 0 Å². The summed E-state index contributed by atoms with van der Waals surface area (Å²) >= 11 is 0. The highest BCUT2D eigenvalue weighted by atomic mass is 16.2. The van der Waals surface area contributed by atoms with Crippen LogP contribution in [-0.2, 0) is 0 Å². The number of nitrogens with two attached hydrogens (primary N) is 1. The third-order valence-corrected chi connectivity index (χ3v) is 3.78. The SMILES string of the molecule is CC1(CN)CCN(C(=O)Nc2ccccc2)CC1. The summed E-state index contributed by atoms with van der Waals surface area (Å²) in [6.45, 7) is 4.46. The second-order valence-electron chi connectivity index (χ2n) is 5.30. The lowest BCUT2D eigenvalue weighted by Gasteiger charge is -2.38. The zero-order valence-corrected chi connectivity index (χ0v) is 10.9. The van der Waals surface area contributed by atoms with Gasteiger partial charge in [-0.2, -0.15) is 0 Å². The van der Waals surface area contributed by atoms with E-state index in [1.165, 1.54) is 0 Å². The van der Waals surface area contributed by atoms with Gasteiger partial charge in [0.25, 0.3) is 0 Å². The number of para-hydroxylation sites is 1. The molecule has 0 bridgehead atoms. The fourth-order valence-electron chi connectivity index (χ4n) is 2.18. The van der Waals surface area contributed by atoms with Crippen LogP contribution in [0, 0.1) is 5.41 Å². The molecule has 2 rings (SSSR count). The molecule has 0 aromatic heterocycles. The molecule has 1 aliphatic heterocycles. The quantitative estimate of drug-likeness (QED) is 0.842. The molecule has 0 unspecified atom stereocenters. The second kappa shape index (κ2) is 5.40. The molecule has 18 heavy (non-hydrogen) atoms. The molecule has 1 heterocycles. The van der Waals surface area contributed by atoms with E-state index in [0.29, 0.717) is 6.54 Å². The number of anilines is 1. The molecule has 98 valence electrons. The van der Waals surface area contributed by atoms with E-state index in [1.54, 1.807) is 0 Å². The maximum Gasteiger partial charge on any atom is 0.321 e. The number of urea groups is 1. The van der Waals surface area contributed by atoms with Crippen molar-refractivity contribution in [2.75, 3.05) is 25.0 Å². The van der Waals surface area contributed by atoms with Crippen LogP contribution >= 0.6 is 0 Å². The summed E-state index contributed by atoms with van der Waals surface area (Å²) in [4.78, 5) is 13.9. The number of piperidine rings is 1. The lowest BCUT2D eigenvalue weighted by atomic mass is 9.81. The van der Waals surface area contributed by atoms with Crippen molar-refractivity contribution >= 4 is 11.7 Å². The van der Waals surface area contributed by atoms with E-state index >= 15 is 0 Å². The predicted octanol–water partition coefficient (Wildman–Crippen LogP) is 2.28. The Hall–Kier alpha value is -1.55. The van der Waals surface area contributed by atoms with Gasteiger partial charge in [0.15, 0.2) is 0 Å². The highest BCUT2D eigenvalue weighted by Crippen LogP contribution is 2.29. The summed E-state index contributed by atoms with van der Waals surface area (Å²) < 4.78 is 0. The number of carbonyl (C=O) groups is 1. The molecule has 4 nitrogen and oxygen atoms in total. The normalized spacial score (nSPS) is 18.4. The van der Waals surface area contributed by atoms with Crippen molar-refractivity contribution in [1.82, 2.24) is 4.90 Å². The lowest BCUT2D eigenvalue weighted by Crippen LogP contribution is -2.46. The van der Waals surface area contributed by atoms with E-state index in [2.05, 4.69) is 12.2 Å². The van der Waals surface area contributed by atoms with Crippen LogP contribution in [0.25, 0.3) is 0 Å². The maximum atomic E-state index is 12.1. The fourth-order valence-corrected chi connectivity index (χ4v) is 2.18. The fraction of sp³-hybridized carbons (Fsp3) is 0.500. The molecule has 1 saturated heterocycles. The van der Waals surface area contributed by atoms with Crippen LogP contribution in [0.1, 0.15) is 19.8 Å². The number of nitrogens with zero attached hydrogens (tertiary/aromatic N) is 1. The van der Waals surface area contributed by atoms with E-state index in [0.717, 1.165) is 31.6 Å². The third kappa shape index (κ3) is 3.01. The molecule has 0 radical (unpaired) electrons. The number of carbonyl (C=O) groups excluding carboxylic acids is 1. The number of amides is 2. The highest BCUT2D eigenvalue weighted by molar-refractivity contribution is 5.89. The first-order valence-corrected chi connectivity index (χ1v) is 6.44. The smallest absolute Gasteiger partial charge is 0.321 e. The summed E-state index contributed by atoms with van der Waals surface area (Å²) in [5, 5.41) is 2.91. The van der Waals surface area contributed by atoms with Crippen LogP contribution in [0.15, 0.2) is 30.3 Å². The summed E-state index contributed by atoms with van der Waals surface area (Å²) in [5.74, 6) is 0. The number of nitrogens with one attached hydrogen (secondary N) is 1. The largest absolute Gasteiger partial charge is 0.330 e. The topological polar surface area (TPSA) is 58.4 Å². The summed E-state index contributed by atoms with van der Waals surface area (Å²) in [6, 6.07) is 9.54. The van der Waals surface area contributed by atoms with E-state index < -0.39 is 0 Å². The van der Waals surface area contributed by atoms with Crippen molar-refractivity contribution in [2.24, 2.45) is 11.1 Å². The van der Waals surface area contributed by atoms with Gasteiger partial charge in [0.1, 0.15) is 0 Å². The minimum Gasteiger partial charge on any atom is -0.330 e. The van der Waals surface area contributed by atoms with Gasteiger partial charge >= 0.3 is 6.03 Å². The van der Waals surface area contributed by atoms with Gasteiger partial charge in [-0.3, -0.25) is 0 Å². The molecule has 3 N–H and O–H groups in total. The minimum absolute atomic E-state index is 0.0136. The van der Waals surface area contributed by atoms with Crippen molar-refractivity contribution in [3.63, 3.8) is 0 Å². The predicted molar refractivity (Wildman–Crippen MR) is 73.4 cm³/mol. The Labute approximate surface area is 108 Å². The zero-order chi connectivity index (χ0) is 13.0. The Morgan fingerprint density at radius 3 is 2.50 bits per heavy atom. The van der Waals surface area contributed by atoms with E-state index in [9.17, 15) is 4.79 Å². The minimum atomic E-state index is -0.0136. The van der Waals surface area contributed by atoms with Crippen molar-refractivity contribution in [3.05, 3.63) is 30.3 Å². The Morgan fingerprint density at radius 2 is 1.94 bits per heavy atom. The van der Waals surface area contributed by atoms with Gasteiger partial charge in [0.05, 0.1) is 0 Å². The van der Waals surface area contributed by atoms with Crippen LogP contribution in [0.5, 0.6) is 0 Å². The van der Waals surface area contributed by atoms with Crippen LogP contribution < -0.4 is 11.1 Å². The van der Waals surface area contributed by atoms with Crippen LogP contribution in [0.3, 0.4) is 0 Å². The molecule has 1 aromatic carbocycles. The molecule has 0 atom stereocenters. The molecule has 0 saturated carbocycles. The van der Waals surface area contributed by atoms with Gasteiger partial charge in [-0.25, -0.2) is 4.79 Å². The molecule has 1 fully saturated rings. The first kappa shape index (κ1) is 12.9. The molecule has 1 aromatic rings. The number of benzene rings is 1. The van der Waals surface area contributed by atoms with Crippen LogP contribution in [0.4, 0.5) is 10.5 Å². The van der Waals surface area contributed by atoms with Gasteiger partial charge in [0, 0.05) is 18.8 Å². The first-order chi connectivity index (χ1) is 8.63. The molecular formula is C14H21N3O. The molecule has 0 aliphatic carbocycles. The number of hydrogen-bond donors (Lipinski definition) is 2. The first-order valence-electron chi connectivity index (χ1n) is 6.44. The van der Waals surface area contributed by atoms with Crippen LogP contribution in [-0.4, -0.2) is 30.6 Å². The summed E-state index contributed by atoms with van der Waals surface area (Å²) in [7, 11) is 0. The van der Waals surface area contributed by atoms with Crippen LogP contribution in [0.2, 0.25) is 0 Å². The summed E-state index contributed by atoms with van der Waals surface area (Å²) in [6.07, 6.45) is 1.96. The third-order valence-electron chi connectivity index (χ3n) is 3.78. The zero-order valence-electron chi connectivity index (χ0n) is 10.9. The van der Waals surface area contributed by atoms with Gasteiger partial charge < -0.3 is 16.0 Å². The van der Waals surface area contributed by atoms with Gasteiger partial charge in [-0.1, -0.05) is 25.1 Å². The maximum absolute atomic E-state index is 12.1. The standard InChI is InChI=1S/C14H21N3O/c1-14(11-15)7-9-17(10-8-14)13(18)16-12-5-3-2-4-6-12/h2-6H,7-11,15H2,1H3,(H,16,18).